The molecule has 0 saturated carbocycles. The molecule has 1 aromatic carbocycles. The Morgan fingerprint density at radius 2 is 2.05 bits per heavy atom. The number of sulfonamides is 1. The van der Waals surface area contributed by atoms with Gasteiger partial charge in [-0.3, -0.25) is 0 Å². The van der Waals surface area contributed by atoms with Crippen LogP contribution in [0.1, 0.15) is 25.0 Å². The fourth-order valence-electron chi connectivity index (χ4n) is 1.68. The molecule has 0 amide bonds. The Balaban J connectivity index is 2.64. The lowest BCUT2D eigenvalue weighted by Crippen LogP contribution is -2.28. The number of hydrogen-bond acceptors (Lipinski definition) is 4. The van der Waals surface area contributed by atoms with E-state index in [9.17, 15) is 8.42 Å². The lowest BCUT2D eigenvalue weighted by atomic mass is 10.2. The van der Waals surface area contributed by atoms with Gasteiger partial charge in [0.1, 0.15) is 0 Å². The smallest absolute Gasteiger partial charge is 0.240 e. The molecule has 0 aromatic heterocycles. The molecule has 20 heavy (non-hydrogen) atoms. The van der Waals surface area contributed by atoms with Crippen molar-refractivity contribution in [1.29, 1.82) is 0 Å². The maximum atomic E-state index is 12.2. The Morgan fingerprint density at radius 3 is 2.65 bits per heavy atom. The molecule has 0 atom stereocenters. The standard InChI is InChI=1S/C14H23NO4S/c1-11(2)10-19-7-6-15-20(17,18)14-8-13(9-16)5-4-12(14)3/h4-5,8,11,15-16H,6-7,9-10H2,1-3H3. The van der Waals surface area contributed by atoms with Crippen molar-refractivity contribution in [3.05, 3.63) is 29.3 Å². The first kappa shape index (κ1) is 17.1. The van der Waals surface area contributed by atoms with E-state index in [-0.39, 0.29) is 18.0 Å². The Labute approximate surface area is 121 Å². The third-order valence-corrected chi connectivity index (χ3v) is 4.32. The zero-order valence-corrected chi connectivity index (χ0v) is 13.0. The third kappa shape index (κ3) is 5.20. The summed E-state index contributed by atoms with van der Waals surface area (Å²) in [4.78, 5) is 0.202. The number of aliphatic hydroxyl groups is 1. The molecule has 0 radical (unpaired) electrons. The first-order valence-corrected chi connectivity index (χ1v) is 8.13. The molecule has 2 N–H and O–H groups in total. The molecule has 1 rings (SSSR count). The molecule has 0 heterocycles. The molecular weight excluding hydrogens is 278 g/mol. The van der Waals surface area contributed by atoms with Crippen LogP contribution in [0.5, 0.6) is 0 Å². The second kappa shape index (κ2) is 7.73. The van der Waals surface area contributed by atoms with Crippen LogP contribution in [-0.2, 0) is 21.4 Å². The SMILES string of the molecule is Cc1ccc(CO)cc1S(=O)(=O)NCCOCC(C)C. The summed E-state index contributed by atoms with van der Waals surface area (Å²) in [5.74, 6) is 0.426. The van der Waals surface area contributed by atoms with E-state index in [0.717, 1.165) is 0 Å². The van der Waals surface area contributed by atoms with Crippen molar-refractivity contribution in [3.8, 4) is 0 Å². The number of aryl methyl sites for hydroxylation is 1. The normalized spacial score (nSPS) is 12.1. The second-order valence-electron chi connectivity index (χ2n) is 5.12. The van der Waals surface area contributed by atoms with Gasteiger partial charge in [-0.15, -0.1) is 0 Å². The van der Waals surface area contributed by atoms with Crippen LogP contribution in [0.4, 0.5) is 0 Å². The predicted molar refractivity (Wildman–Crippen MR) is 77.9 cm³/mol. The molecule has 0 spiro atoms. The fourth-order valence-corrected chi connectivity index (χ4v) is 2.98. The van der Waals surface area contributed by atoms with Gasteiger partial charge in [-0.1, -0.05) is 26.0 Å². The quantitative estimate of drug-likeness (QED) is 0.712. The first-order chi connectivity index (χ1) is 9.36. The van der Waals surface area contributed by atoms with Crippen molar-refractivity contribution < 1.29 is 18.3 Å². The molecule has 0 aliphatic rings. The average Bonchev–Trinajstić information content (AvgIpc) is 2.38. The zero-order chi connectivity index (χ0) is 15.2. The number of benzene rings is 1. The monoisotopic (exact) mass is 301 g/mol. The van der Waals surface area contributed by atoms with Crippen LogP contribution in [0, 0.1) is 12.8 Å². The summed E-state index contributed by atoms with van der Waals surface area (Å²) in [6.07, 6.45) is 0. The highest BCUT2D eigenvalue weighted by atomic mass is 32.2. The predicted octanol–water partition coefficient (Wildman–Crippen LogP) is 1.44. The van der Waals surface area contributed by atoms with Crippen LogP contribution in [-0.4, -0.2) is 33.3 Å². The van der Waals surface area contributed by atoms with Gasteiger partial charge in [0.2, 0.25) is 10.0 Å². The topological polar surface area (TPSA) is 75.6 Å². The number of hydrogen-bond donors (Lipinski definition) is 2. The maximum Gasteiger partial charge on any atom is 0.240 e. The van der Waals surface area contributed by atoms with Crippen molar-refractivity contribution in [3.63, 3.8) is 0 Å². The summed E-state index contributed by atoms with van der Waals surface area (Å²) >= 11 is 0. The molecule has 0 aliphatic carbocycles. The van der Waals surface area contributed by atoms with Gasteiger partial charge in [0, 0.05) is 13.2 Å². The number of nitrogens with one attached hydrogen (secondary N) is 1. The van der Waals surface area contributed by atoms with Crippen molar-refractivity contribution >= 4 is 10.0 Å². The minimum atomic E-state index is -3.57. The molecule has 6 heteroatoms. The Bertz CT molecular complexity index is 526. The average molecular weight is 301 g/mol. The molecule has 114 valence electrons. The van der Waals surface area contributed by atoms with Gasteiger partial charge in [-0.2, -0.15) is 0 Å². The number of ether oxygens (including phenoxy) is 1. The van der Waals surface area contributed by atoms with Crippen LogP contribution in [0.2, 0.25) is 0 Å². The van der Waals surface area contributed by atoms with E-state index in [0.29, 0.717) is 30.3 Å². The fraction of sp³-hybridized carbons (Fsp3) is 0.571. The van der Waals surface area contributed by atoms with Gasteiger partial charge in [-0.05, 0) is 30.0 Å². The van der Waals surface area contributed by atoms with E-state index < -0.39 is 10.0 Å². The second-order valence-corrected chi connectivity index (χ2v) is 6.86. The van der Waals surface area contributed by atoms with E-state index in [2.05, 4.69) is 4.72 Å². The number of aliphatic hydroxyl groups excluding tert-OH is 1. The molecule has 0 unspecified atom stereocenters. The summed E-state index contributed by atoms with van der Waals surface area (Å²) in [6.45, 7) is 6.81. The largest absolute Gasteiger partial charge is 0.392 e. The van der Waals surface area contributed by atoms with Crippen molar-refractivity contribution in [1.82, 2.24) is 4.72 Å². The van der Waals surface area contributed by atoms with E-state index in [4.69, 9.17) is 9.84 Å². The Morgan fingerprint density at radius 1 is 1.35 bits per heavy atom. The van der Waals surface area contributed by atoms with Gasteiger partial charge >= 0.3 is 0 Å². The molecule has 0 bridgehead atoms. The minimum Gasteiger partial charge on any atom is -0.392 e. The zero-order valence-electron chi connectivity index (χ0n) is 12.2. The minimum absolute atomic E-state index is 0.180. The molecule has 5 nitrogen and oxygen atoms in total. The van der Waals surface area contributed by atoms with E-state index in [1.165, 1.54) is 6.07 Å². The summed E-state index contributed by atoms with van der Waals surface area (Å²) in [5, 5.41) is 9.08. The summed E-state index contributed by atoms with van der Waals surface area (Å²) in [6, 6.07) is 4.89. The van der Waals surface area contributed by atoms with E-state index >= 15 is 0 Å². The first-order valence-electron chi connectivity index (χ1n) is 6.64. The lowest BCUT2D eigenvalue weighted by molar-refractivity contribution is 0.114. The highest BCUT2D eigenvalue weighted by Gasteiger charge is 2.16. The third-order valence-electron chi connectivity index (χ3n) is 2.71. The van der Waals surface area contributed by atoms with Crippen LogP contribution in [0.15, 0.2) is 23.1 Å². The lowest BCUT2D eigenvalue weighted by Gasteiger charge is -2.11. The van der Waals surface area contributed by atoms with Crippen molar-refractivity contribution in [2.24, 2.45) is 5.92 Å². The van der Waals surface area contributed by atoms with Crippen LogP contribution < -0.4 is 4.72 Å². The molecule has 0 aliphatic heterocycles. The highest BCUT2D eigenvalue weighted by Crippen LogP contribution is 2.16. The van der Waals surface area contributed by atoms with Crippen LogP contribution in [0.3, 0.4) is 0 Å². The van der Waals surface area contributed by atoms with Crippen LogP contribution in [0.25, 0.3) is 0 Å². The summed E-state index contributed by atoms with van der Waals surface area (Å²) in [7, 11) is -3.57. The summed E-state index contributed by atoms with van der Waals surface area (Å²) in [5.41, 5.74) is 1.23. The van der Waals surface area contributed by atoms with Gasteiger partial charge in [-0.25, -0.2) is 13.1 Å². The molecule has 0 fully saturated rings. The van der Waals surface area contributed by atoms with Crippen LogP contribution >= 0.6 is 0 Å². The molecule has 0 saturated heterocycles. The summed E-state index contributed by atoms with van der Waals surface area (Å²) < 4.78 is 32.2. The van der Waals surface area contributed by atoms with E-state index in [1.54, 1.807) is 19.1 Å². The Hall–Kier alpha value is -0.950. The van der Waals surface area contributed by atoms with Gasteiger partial charge in [0.25, 0.3) is 0 Å². The van der Waals surface area contributed by atoms with Crippen molar-refractivity contribution in [2.75, 3.05) is 19.8 Å². The highest BCUT2D eigenvalue weighted by molar-refractivity contribution is 7.89. The van der Waals surface area contributed by atoms with Gasteiger partial charge in [0.05, 0.1) is 18.1 Å². The van der Waals surface area contributed by atoms with Crippen molar-refractivity contribution in [2.45, 2.75) is 32.3 Å². The Kier molecular flexibility index (Phi) is 6.61. The molecule has 1 aromatic rings. The van der Waals surface area contributed by atoms with Gasteiger partial charge in [0.15, 0.2) is 0 Å². The van der Waals surface area contributed by atoms with E-state index in [1.807, 2.05) is 13.8 Å². The molecular formula is C14H23NO4S. The van der Waals surface area contributed by atoms with Gasteiger partial charge < -0.3 is 9.84 Å². The maximum absolute atomic E-state index is 12.2. The number of rotatable bonds is 8.